The van der Waals surface area contributed by atoms with Gasteiger partial charge in [0.25, 0.3) is 0 Å². The monoisotopic (exact) mass is 181 g/mol. The Balaban J connectivity index is 2.21. The maximum absolute atomic E-state index is 9.74. The van der Waals surface area contributed by atoms with Crippen molar-refractivity contribution in [2.75, 3.05) is 20.1 Å². The van der Waals surface area contributed by atoms with E-state index in [9.17, 15) is 5.11 Å². The highest BCUT2D eigenvalue weighted by atomic mass is 16.3. The van der Waals surface area contributed by atoms with Gasteiger partial charge < -0.3 is 10.0 Å². The van der Waals surface area contributed by atoms with Crippen molar-refractivity contribution < 1.29 is 5.11 Å². The first kappa shape index (κ1) is 9.22. The highest BCUT2D eigenvalue weighted by molar-refractivity contribution is 5.23. The lowest BCUT2D eigenvalue weighted by Gasteiger charge is -2.36. The first-order valence-corrected chi connectivity index (χ1v) is 5.18. The average molecular weight is 181 g/mol. The fourth-order valence-corrected chi connectivity index (χ4v) is 2.80. The molecule has 1 fully saturated rings. The average Bonchev–Trinajstić information content (AvgIpc) is 2.32. The second-order valence-electron chi connectivity index (χ2n) is 4.75. The normalized spacial score (nSPS) is 46.0. The van der Waals surface area contributed by atoms with Gasteiger partial charge in [-0.15, -0.1) is 0 Å². The van der Waals surface area contributed by atoms with E-state index in [1.54, 1.807) is 0 Å². The van der Waals surface area contributed by atoms with Crippen LogP contribution in [0.1, 0.15) is 13.8 Å². The van der Waals surface area contributed by atoms with Crippen molar-refractivity contribution in [1.82, 2.24) is 4.90 Å². The molecule has 2 nitrogen and oxygen atoms in total. The first-order chi connectivity index (χ1) is 6.09. The lowest BCUT2D eigenvalue weighted by atomic mass is 9.82. The predicted octanol–water partition coefficient (Wildman–Crippen LogP) is 1.12. The number of rotatable bonds is 0. The molecule has 1 heterocycles. The van der Waals surface area contributed by atoms with Crippen molar-refractivity contribution in [3.63, 3.8) is 0 Å². The molecule has 0 aromatic carbocycles. The summed E-state index contributed by atoms with van der Waals surface area (Å²) in [7, 11) is 2.17. The van der Waals surface area contributed by atoms with Crippen LogP contribution in [-0.4, -0.2) is 36.2 Å². The molecule has 0 aromatic rings. The number of hydrogen-bond acceptors (Lipinski definition) is 2. The van der Waals surface area contributed by atoms with Crippen LogP contribution in [0, 0.1) is 17.8 Å². The van der Waals surface area contributed by atoms with E-state index in [1.165, 1.54) is 5.57 Å². The Bertz CT molecular complexity index is 236. The molecule has 2 heteroatoms. The molecule has 0 unspecified atom stereocenters. The zero-order valence-corrected chi connectivity index (χ0v) is 8.70. The van der Waals surface area contributed by atoms with Gasteiger partial charge in [-0.3, -0.25) is 0 Å². The number of hydrogen-bond donors (Lipinski definition) is 1. The van der Waals surface area contributed by atoms with Crippen LogP contribution in [0.3, 0.4) is 0 Å². The van der Waals surface area contributed by atoms with Crippen LogP contribution >= 0.6 is 0 Å². The highest BCUT2D eigenvalue weighted by Crippen LogP contribution is 2.39. The van der Waals surface area contributed by atoms with E-state index < -0.39 is 0 Å². The third kappa shape index (κ3) is 1.42. The summed E-state index contributed by atoms with van der Waals surface area (Å²) in [6, 6.07) is 0. The molecule has 0 aromatic heterocycles. The van der Waals surface area contributed by atoms with Crippen LogP contribution < -0.4 is 0 Å². The second-order valence-corrected chi connectivity index (χ2v) is 4.75. The minimum absolute atomic E-state index is 0.200. The summed E-state index contributed by atoms with van der Waals surface area (Å²) in [6.07, 6.45) is 1.89. The van der Waals surface area contributed by atoms with Gasteiger partial charge in [0.15, 0.2) is 0 Å². The second kappa shape index (κ2) is 3.10. The molecular formula is C11H19NO. The molecule has 4 atom stereocenters. The van der Waals surface area contributed by atoms with Crippen molar-refractivity contribution in [2.45, 2.75) is 20.0 Å². The largest absolute Gasteiger partial charge is 0.389 e. The van der Waals surface area contributed by atoms with E-state index in [2.05, 4.69) is 31.9 Å². The number of aliphatic hydroxyl groups excluding tert-OH is 1. The highest BCUT2D eigenvalue weighted by Gasteiger charge is 2.38. The fourth-order valence-electron chi connectivity index (χ4n) is 2.80. The molecule has 0 saturated carbocycles. The first-order valence-electron chi connectivity index (χ1n) is 5.18. The van der Waals surface area contributed by atoms with Crippen LogP contribution in [0.15, 0.2) is 11.6 Å². The number of fused-ring (bicyclic) bond motifs is 1. The molecule has 1 saturated heterocycles. The Morgan fingerprint density at radius 1 is 1.38 bits per heavy atom. The molecule has 0 radical (unpaired) electrons. The molecule has 1 aliphatic carbocycles. The lowest BCUT2D eigenvalue weighted by molar-refractivity contribution is 0.121. The van der Waals surface area contributed by atoms with Crippen LogP contribution in [0.5, 0.6) is 0 Å². The molecule has 1 N–H and O–H groups in total. The van der Waals surface area contributed by atoms with E-state index in [0.717, 1.165) is 13.1 Å². The minimum atomic E-state index is -0.200. The van der Waals surface area contributed by atoms with Gasteiger partial charge in [0, 0.05) is 13.1 Å². The molecule has 2 rings (SSSR count). The van der Waals surface area contributed by atoms with Gasteiger partial charge >= 0.3 is 0 Å². The van der Waals surface area contributed by atoms with Gasteiger partial charge in [-0.05, 0) is 24.8 Å². The summed E-state index contributed by atoms with van der Waals surface area (Å²) in [4.78, 5) is 2.38. The van der Waals surface area contributed by atoms with Gasteiger partial charge in [0.2, 0.25) is 0 Å². The van der Waals surface area contributed by atoms with Gasteiger partial charge in [-0.25, -0.2) is 0 Å². The number of nitrogens with zero attached hydrogens (tertiary/aromatic N) is 1. The Morgan fingerprint density at radius 3 is 2.77 bits per heavy atom. The van der Waals surface area contributed by atoms with E-state index in [-0.39, 0.29) is 6.10 Å². The molecule has 74 valence electrons. The molecule has 2 aliphatic rings. The summed E-state index contributed by atoms with van der Waals surface area (Å²) < 4.78 is 0. The van der Waals surface area contributed by atoms with Crippen LogP contribution in [-0.2, 0) is 0 Å². The predicted molar refractivity (Wildman–Crippen MR) is 53.4 cm³/mol. The fraction of sp³-hybridized carbons (Fsp3) is 0.818. The summed E-state index contributed by atoms with van der Waals surface area (Å²) in [5.41, 5.74) is 1.50. The van der Waals surface area contributed by atoms with Crippen molar-refractivity contribution in [1.29, 1.82) is 0 Å². The molecule has 0 spiro atoms. The summed E-state index contributed by atoms with van der Waals surface area (Å²) in [6.45, 7) is 6.68. The summed E-state index contributed by atoms with van der Waals surface area (Å²) >= 11 is 0. The maximum Gasteiger partial charge on any atom is 0.0755 e. The van der Waals surface area contributed by atoms with Gasteiger partial charge in [-0.1, -0.05) is 25.5 Å². The van der Waals surface area contributed by atoms with E-state index in [0.29, 0.717) is 17.8 Å². The minimum Gasteiger partial charge on any atom is -0.389 e. The van der Waals surface area contributed by atoms with Crippen LogP contribution in [0.4, 0.5) is 0 Å². The Hall–Kier alpha value is -0.340. The Labute approximate surface area is 80.2 Å². The van der Waals surface area contributed by atoms with Crippen molar-refractivity contribution >= 4 is 0 Å². The Morgan fingerprint density at radius 2 is 2.08 bits per heavy atom. The van der Waals surface area contributed by atoms with Gasteiger partial charge in [-0.2, -0.15) is 0 Å². The zero-order valence-electron chi connectivity index (χ0n) is 8.70. The molecular weight excluding hydrogens is 162 g/mol. The SMILES string of the molecule is C[C@H]1[C@@H]2CN(C)C[C@H](C)C2=C[C@@H]1O. The third-order valence-corrected chi connectivity index (χ3v) is 3.63. The number of likely N-dealkylation sites (tertiary alicyclic amines) is 1. The number of aliphatic hydroxyl groups is 1. The number of piperidine rings is 1. The lowest BCUT2D eigenvalue weighted by Crippen LogP contribution is -2.39. The topological polar surface area (TPSA) is 23.5 Å². The van der Waals surface area contributed by atoms with Crippen molar-refractivity contribution in [2.24, 2.45) is 17.8 Å². The molecule has 1 aliphatic heterocycles. The van der Waals surface area contributed by atoms with E-state index in [1.807, 2.05) is 0 Å². The summed E-state index contributed by atoms with van der Waals surface area (Å²) in [5, 5.41) is 9.74. The standard InChI is InChI=1S/C11H19NO/c1-7-5-12(3)6-10-8(2)11(13)4-9(7)10/h4,7-8,10-11,13H,5-6H2,1-3H3/t7-,8-,10-,11-/m0/s1. The maximum atomic E-state index is 9.74. The van der Waals surface area contributed by atoms with Crippen LogP contribution in [0.2, 0.25) is 0 Å². The van der Waals surface area contributed by atoms with Crippen LogP contribution in [0.25, 0.3) is 0 Å². The smallest absolute Gasteiger partial charge is 0.0755 e. The van der Waals surface area contributed by atoms with Gasteiger partial charge in [0.05, 0.1) is 6.10 Å². The third-order valence-electron chi connectivity index (χ3n) is 3.63. The zero-order chi connectivity index (χ0) is 9.59. The molecule has 13 heavy (non-hydrogen) atoms. The van der Waals surface area contributed by atoms with Gasteiger partial charge in [0.1, 0.15) is 0 Å². The molecule has 0 amide bonds. The van der Waals surface area contributed by atoms with E-state index >= 15 is 0 Å². The van der Waals surface area contributed by atoms with Crippen molar-refractivity contribution in [3.8, 4) is 0 Å². The Kier molecular flexibility index (Phi) is 2.20. The van der Waals surface area contributed by atoms with Crippen molar-refractivity contribution in [3.05, 3.63) is 11.6 Å². The quantitative estimate of drug-likeness (QED) is 0.566. The van der Waals surface area contributed by atoms with E-state index in [4.69, 9.17) is 0 Å². The molecule has 0 bridgehead atoms. The summed E-state index contributed by atoms with van der Waals surface area (Å²) in [5.74, 6) is 1.65.